The van der Waals surface area contributed by atoms with Gasteiger partial charge in [-0.1, -0.05) is 83.9 Å². The van der Waals surface area contributed by atoms with E-state index in [4.69, 9.17) is 18.8 Å². The van der Waals surface area contributed by atoms with Crippen LogP contribution in [0.15, 0.2) is 154 Å². The average Bonchev–Trinajstić information content (AvgIpc) is 1.43. The highest BCUT2D eigenvalue weighted by Gasteiger charge is 2.37. The number of pyridine rings is 2. The van der Waals surface area contributed by atoms with E-state index in [9.17, 15) is 35.2 Å². The number of furan rings is 2. The molecule has 0 saturated carbocycles. The number of nitrogens with zero attached hydrogens (tertiary/aromatic N) is 8. The summed E-state index contributed by atoms with van der Waals surface area (Å²) in [5.74, 6) is -0.671. The maximum atomic E-state index is 15.3. The molecule has 0 aliphatic carbocycles. The molecule has 16 rings (SSSR count). The molecule has 0 radical (unpaired) electrons. The first-order valence-electron chi connectivity index (χ1n) is 33.3. The van der Waals surface area contributed by atoms with E-state index in [0.29, 0.717) is 170 Å². The molecule has 0 spiro atoms. The zero-order valence-electron chi connectivity index (χ0n) is 56.7. The Hall–Kier alpha value is -10.1. The van der Waals surface area contributed by atoms with Gasteiger partial charge in [0, 0.05) is 123 Å². The van der Waals surface area contributed by atoms with Gasteiger partial charge in [-0.25, -0.2) is 44.4 Å². The second-order valence-corrected chi connectivity index (χ2v) is 31.0. The topological polar surface area (TPSA) is 201 Å². The van der Waals surface area contributed by atoms with Crippen LogP contribution >= 0.6 is 0 Å². The van der Waals surface area contributed by atoms with E-state index in [1.807, 2.05) is 105 Å². The molecular weight excluding hydrogens is 1330 g/mol. The number of hydrogen-bond acceptors (Lipinski definition) is 12. The van der Waals surface area contributed by atoms with Gasteiger partial charge in [0.05, 0.1) is 92.3 Å². The molecule has 2 amide bonds. The maximum absolute atomic E-state index is 15.3. The fraction of sp³-hybridized carbons (Fsp3) is 0.273. The second-order valence-electron chi connectivity index (χ2n) is 26.9. The van der Waals surface area contributed by atoms with Gasteiger partial charge in [0.25, 0.3) is 11.8 Å². The normalized spacial score (nSPS) is 16.9. The van der Waals surface area contributed by atoms with Crippen LogP contribution in [0.5, 0.6) is 0 Å². The summed E-state index contributed by atoms with van der Waals surface area (Å²) in [6, 6.07) is 43.1. The molecule has 2 saturated heterocycles. The number of carbonyl (C=O) groups excluding carboxylic acids is 2. The van der Waals surface area contributed by atoms with E-state index in [2.05, 4.69) is 29.6 Å². The van der Waals surface area contributed by atoms with Gasteiger partial charge in [-0.15, -0.1) is 0 Å². The molecule has 10 heterocycles. The molecule has 2 unspecified atom stereocenters. The molecule has 12 aromatic rings. The average molecular weight is 1410 g/mol. The van der Waals surface area contributed by atoms with Crippen molar-refractivity contribution in [3.8, 4) is 67.9 Å². The highest BCUT2D eigenvalue weighted by Crippen LogP contribution is 2.48. The van der Waals surface area contributed by atoms with E-state index in [-0.39, 0.29) is 35.5 Å². The summed E-state index contributed by atoms with van der Waals surface area (Å²) < 4.78 is 130. The van der Waals surface area contributed by atoms with Gasteiger partial charge in [0.2, 0.25) is 20.0 Å². The molecule has 6 aromatic carbocycles. The lowest BCUT2D eigenvalue weighted by molar-refractivity contribution is 0.0534. The van der Waals surface area contributed by atoms with Crippen LogP contribution in [0, 0.1) is 25.5 Å². The van der Waals surface area contributed by atoms with E-state index >= 15 is 8.78 Å². The first-order chi connectivity index (χ1) is 48.3. The van der Waals surface area contributed by atoms with Gasteiger partial charge in [0.15, 0.2) is 0 Å². The van der Waals surface area contributed by atoms with Gasteiger partial charge >= 0.3 is 0 Å². The summed E-state index contributed by atoms with van der Waals surface area (Å²) in [5, 5.41) is 7.38. The Bertz CT molecular complexity index is 5610. The lowest BCUT2D eigenvalue weighted by atomic mass is 9.95. The van der Waals surface area contributed by atoms with Crippen LogP contribution < -0.4 is 19.2 Å². The number of amides is 2. The second kappa shape index (κ2) is 25.5. The summed E-state index contributed by atoms with van der Waals surface area (Å²) in [6.07, 6.45) is 2.25. The summed E-state index contributed by atoms with van der Waals surface area (Å²) in [4.78, 5) is 41.4. The van der Waals surface area contributed by atoms with E-state index in [1.54, 1.807) is 56.6 Å². The number of halogens is 4. The monoisotopic (exact) mass is 1400 g/mol. The lowest BCUT2D eigenvalue weighted by Gasteiger charge is -2.39. The van der Waals surface area contributed by atoms with Crippen molar-refractivity contribution in [3.63, 3.8) is 0 Å². The Kier molecular flexibility index (Phi) is 16.8. The zero-order chi connectivity index (χ0) is 70.8. The minimum absolute atomic E-state index is 0.0681. The zero-order valence-corrected chi connectivity index (χ0v) is 58.3. The molecule has 6 aromatic heterocycles. The van der Waals surface area contributed by atoms with Crippen LogP contribution in [0.2, 0.25) is 0 Å². The van der Waals surface area contributed by atoms with Crippen molar-refractivity contribution in [3.05, 3.63) is 191 Å². The van der Waals surface area contributed by atoms with Crippen LogP contribution in [0.4, 0.5) is 28.9 Å². The number of hydrogen-bond donors (Lipinski definition) is 2. The third-order valence-electron chi connectivity index (χ3n) is 20.2. The van der Waals surface area contributed by atoms with Gasteiger partial charge in [-0.2, -0.15) is 0 Å². The highest BCUT2D eigenvalue weighted by molar-refractivity contribution is 7.92. The summed E-state index contributed by atoms with van der Waals surface area (Å²) in [6.45, 7) is 6.96. The maximum Gasteiger partial charge on any atom is 0.255 e. The summed E-state index contributed by atoms with van der Waals surface area (Å²) in [7, 11) is -1.45. The number of anilines is 2. The number of rotatable bonds is 14. The van der Waals surface area contributed by atoms with Crippen molar-refractivity contribution in [1.82, 2.24) is 39.5 Å². The number of fused-ring (bicyclic) bond motifs is 12. The lowest BCUT2D eigenvalue weighted by Crippen LogP contribution is -2.50. The quantitative estimate of drug-likeness (QED) is 0.0977. The van der Waals surface area contributed by atoms with Crippen LogP contribution in [0.3, 0.4) is 0 Å². The van der Waals surface area contributed by atoms with Gasteiger partial charge < -0.3 is 28.6 Å². The standard InChI is InChI=1S/C39H37F2N5O4S.C38H35F2N5O4S/c1-22-8-10-23(11-9-22)38-36(39(47)42-2)29-17-28(33(19-35(29)50-38)44(3)51(4,48)49)31-13-12-24-16-26(21-45-15-14-25(40)20-45)46-32-7-5-6-30(41)27(32)18-34(46)37(24)43-31;1-21-8-10-22(11-9-21)37-35(38(46)41-2)28-15-27(32(17-34(28)49-37)43(3)50(4,47)48)30-13-12-23-14-25(20-44-18-24(39)19-44)45-31-7-5-6-29(40)26(31)16-33(45)36(23)42-30/h5-13,17-19,25-26H,14-16,20-21H2,1-4H3,(H,42,47);5-13,15-17,24-25H,14,18-20H2,1-4H3,(H,41,46)/t25-,26?;/m1./s1. The number of alkyl halides is 2. The number of aromatic nitrogens is 4. The third-order valence-corrected chi connectivity index (χ3v) is 22.6. The van der Waals surface area contributed by atoms with Crippen molar-refractivity contribution in [2.24, 2.45) is 0 Å². The fourth-order valence-corrected chi connectivity index (χ4v) is 15.9. The van der Waals surface area contributed by atoms with Gasteiger partial charge in [0.1, 0.15) is 46.7 Å². The minimum atomic E-state index is -3.74. The first kappa shape index (κ1) is 66.7. The molecule has 24 heteroatoms. The predicted molar refractivity (Wildman–Crippen MR) is 387 cm³/mol. The Balaban J connectivity index is 0.000000164. The Labute approximate surface area is 580 Å². The number of carbonyl (C=O) groups is 2. The Morgan fingerprint density at radius 3 is 1.35 bits per heavy atom. The smallest absolute Gasteiger partial charge is 0.255 e. The summed E-state index contributed by atoms with van der Waals surface area (Å²) >= 11 is 0. The van der Waals surface area contributed by atoms with Gasteiger partial charge in [-0.05, 0) is 105 Å². The third kappa shape index (κ3) is 12.0. The molecule has 518 valence electrons. The Morgan fingerprint density at radius 1 is 0.545 bits per heavy atom. The van der Waals surface area contributed by atoms with E-state index < -0.39 is 32.4 Å². The number of nitrogens with one attached hydrogen (secondary N) is 2. The molecule has 4 aliphatic heterocycles. The fourth-order valence-electron chi connectivity index (χ4n) is 14.9. The van der Waals surface area contributed by atoms with Crippen molar-refractivity contribution in [1.29, 1.82) is 0 Å². The number of sulfonamides is 2. The SMILES string of the molecule is CNC(=O)c1c(-c2ccc(C)cc2)oc2cc(N(C)S(C)(=O)=O)c(-c3ccc4c(n3)-c3cc5c(F)cccc5n3C(CN3CC(F)C3)C4)cc12.CNC(=O)c1c(-c2ccc(C)cc2)oc2cc(N(C)S(C)(=O)=O)c(-c3ccc4c(n3)-c3cc5c(F)cccc5n3C(CN3CC[C@@H](F)C3)C4)cc12. The molecular formula is C77H72F4N10O8S2. The Morgan fingerprint density at radius 2 is 0.960 bits per heavy atom. The van der Waals surface area contributed by atoms with E-state index in [1.165, 1.54) is 34.8 Å². The van der Waals surface area contributed by atoms with Crippen molar-refractivity contribution in [2.75, 3.05) is 88.6 Å². The van der Waals surface area contributed by atoms with Crippen molar-refractivity contribution < 1.29 is 52.8 Å². The van der Waals surface area contributed by atoms with Crippen LogP contribution in [-0.2, 0) is 32.9 Å². The predicted octanol–water partition coefficient (Wildman–Crippen LogP) is 13.9. The number of aryl methyl sites for hydroxylation is 2. The molecule has 3 atom stereocenters. The molecule has 2 fully saturated rings. The molecule has 2 N–H and O–H groups in total. The highest BCUT2D eigenvalue weighted by atomic mass is 32.2. The molecule has 101 heavy (non-hydrogen) atoms. The van der Waals surface area contributed by atoms with Crippen LogP contribution in [-0.4, -0.2) is 150 Å². The molecule has 18 nitrogen and oxygen atoms in total. The van der Waals surface area contributed by atoms with Crippen molar-refractivity contribution >= 4 is 87.0 Å². The molecule has 4 aliphatic rings. The first-order valence-corrected chi connectivity index (χ1v) is 37.0. The van der Waals surface area contributed by atoms with E-state index in [0.717, 1.165) is 57.2 Å². The van der Waals surface area contributed by atoms with Crippen LogP contribution in [0.1, 0.15) is 61.5 Å². The van der Waals surface area contributed by atoms with Gasteiger partial charge in [-0.3, -0.25) is 28.0 Å². The molecule has 0 bridgehead atoms. The number of benzene rings is 6. The number of likely N-dealkylation sites (tertiary alicyclic amines) is 2. The minimum Gasteiger partial charge on any atom is -0.455 e. The van der Waals surface area contributed by atoms with Crippen LogP contribution in [0.25, 0.3) is 112 Å². The summed E-state index contributed by atoms with van der Waals surface area (Å²) in [5.41, 5.74) is 13.5. The largest absolute Gasteiger partial charge is 0.455 e. The van der Waals surface area contributed by atoms with Crippen molar-refractivity contribution in [2.45, 2.75) is 57.5 Å².